The first-order chi connectivity index (χ1) is 13.2. The number of phenolic OH excluding ortho intramolecular Hbond substituents is 1. The van der Waals surface area contributed by atoms with Crippen molar-refractivity contribution in [3.63, 3.8) is 0 Å². The summed E-state index contributed by atoms with van der Waals surface area (Å²) < 4.78 is 29.1. The van der Waals surface area contributed by atoms with Gasteiger partial charge in [-0.1, -0.05) is 55.0 Å². The van der Waals surface area contributed by atoms with E-state index in [9.17, 15) is 13.5 Å². The highest BCUT2D eigenvalue weighted by molar-refractivity contribution is 7.89. The highest BCUT2D eigenvalue weighted by Crippen LogP contribution is 2.29. The number of aryl methyl sites for hydroxylation is 3. The van der Waals surface area contributed by atoms with Gasteiger partial charge in [0.05, 0.1) is 4.90 Å². The number of aromatic hydroxyl groups is 1. The van der Waals surface area contributed by atoms with Gasteiger partial charge in [-0.2, -0.15) is 0 Å². The van der Waals surface area contributed by atoms with Gasteiger partial charge in [0.1, 0.15) is 5.75 Å². The SMILES string of the molecule is CCC(Cc1ccc(O)c2ccccc12)NS(=O)(=O)c1c(C)cc(C)cc1C. The number of nitrogens with one attached hydrogen (secondary N) is 1. The molecule has 0 spiro atoms. The Labute approximate surface area is 167 Å². The van der Waals surface area contributed by atoms with E-state index < -0.39 is 10.0 Å². The van der Waals surface area contributed by atoms with Crippen molar-refractivity contribution in [1.29, 1.82) is 0 Å². The predicted molar refractivity (Wildman–Crippen MR) is 114 cm³/mol. The lowest BCUT2D eigenvalue weighted by molar-refractivity contribution is 0.481. The fourth-order valence-corrected chi connectivity index (χ4v) is 5.70. The van der Waals surface area contributed by atoms with Crippen LogP contribution in [-0.2, 0) is 16.4 Å². The van der Waals surface area contributed by atoms with Crippen molar-refractivity contribution < 1.29 is 13.5 Å². The quantitative estimate of drug-likeness (QED) is 0.630. The lowest BCUT2D eigenvalue weighted by Crippen LogP contribution is -2.36. The second kappa shape index (κ2) is 7.94. The Balaban J connectivity index is 1.93. The van der Waals surface area contributed by atoms with E-state index in [0.29, 0.717) is 17.7 Å². The molecule has 0 saturated heterocycles. The summed E-state index contributed by atoms with van der Waals surface area (Å²) in [7, 11) is -3.63. The Hall–Kier alpha value is -2.37. The normalized spacial score (nSPS) is 13.0. The Morgan fingerprint density at radius 3 is 2.18 bits per heavy atom. The topological polar surface area (TPSA) is 66.4 Å². The summed E-state index contributed by atoms with van der Waals surface area (Å²) in [6.07, 6.45) is 1.22. The van der Waals surface area contributed by atoms with Crippen LogP contribution >= 0.6 is 0 Å². The lowest BCUT2D eigenvalue weighted by Gasteiger charge is -2.20. The van der Waals surface area contributed by atoms with Crippen LogP contribution in [0.1, 0.15) is 35.6 Å². The minimum absolute atomic E-state index is 0.235. The summed E-state index contributed by atoms with van der Waals surface area (Å²) in [5.74, 6) is 0.235. The number of phenols is 1. The maximum Gasteiger partial charge on any atom is 0.241 e. The second-order valence-electron chi connectivity index (χ2n) is 7.45. The molecule has 2 N–H and O–H groups in total. The molecule has 0 heterocycles. The van der Waals surface area contributed by atoms with Crippen LogP contribution in [0.2, 0.25) is 0 Å². The molecular weight excluding hydrogens is 370 g/mol. The minimum Gasteiger partial charge on any atom is -0.507 e. The monoisotopic (exact) mass is 397 g/mol. The Morgan fingerprint density at radius 2 is 1.57 bits per heavy atom. The first kappa shape index (κ1) is 20.4. The van der Waals surface area contributed by atoms with Crippen LogP contribution < -0.4 is 4.72 Å². The average molecular weight is 398 g/mol. The highest BCUT2D eigenvalue weighted by Gasteiger charge is 2.23. The largest absolute Gasteiger partial charge is 0.507 e. The highest BCUT2D eigenvalue weighted by atomic mass is 32.2. The summed E-state index contributed by atoms with van der Waals surface area (Å²) in [6.45, 7) is 7.62. The van der Waals surface area contributed by atoms with E-state index in [1.54, 1.807) is 6.07 Å². The van der Waals surface area contributed by atoms with E-state index in [1.807, 2.05) is 70.2 Å². The zero-order valence-electron chi connectivity index (χ0n) is 16.8. The molecule has 148 valence electrons. The molecule has 0 aliphatic heterocycles. The molecule has 1 unspecified atom stereocenters. The van der Waals surface area contributed by atoms with Crippen LogP contribution in [-0.4, -0.2) is 19.6 Å². The molecule has 1 atom stereocenters. The van der Waals surface area contributed by atoms with Gasteiger partial charge in [-0.3, -0.25) is 0 Å². The maximum atomic E-state index is 13.1. The van der Waals surface area contributed by atoms with Crippen LogP contribution in [0.4, 0.5) is 0 Å². The molecule has 4 nitrogen and oxygen atoms in total. The molecule has 0 radical (unpaired) electrons. The Kier molecular flexibility index (Phi) is 5.77. The van der Waals surface area contributed by atoms with Crippen molar-refractivity contribution in [2.45, 2.75) is 51.5 Å². The van der Waals surface area contributed by atoms with Crippen molar-refractivity contribution in [3.05, 3.63) is 70.8 Å². The fraction of sp³-hybridized carbons (Fsp3) is 0.304. The number of fused-ring (bicyclic) bond motifs is 1. The zero-order chi connectivity index (χ0) is 20.5. The van der Waals surface area contributed by atoms with Gasteiger partial charge in [0, 0.05) is 11.4 Å². The number of hydrogen-bond donors (Lipinski definition) is 2. The summed E-state index contributed by atoms with van der Waals surface area (Å²) in [5.41, 5.74) is 3.58. The number of sulfonamides is 1. The van der Waals surface area contributed by atoms with E-state index in [-0.39, 0.29) is 11.8 Å². The van der Waals surface area contributed by atoms with Crippen molar-refractivity contribution in [2.75, 3.05) is 0 Å². The van der Waals surface area contributed by atoms with Gasteiger partial charge >= 0.3 is 0 Å². The van der Waals surface area contributed by atoms with Crippen molar-refractivity contribution in [3.8, 4) is 5.75 Å². The molecule has 0 bridgehead atoms. The standard InChI is InChI=1S/C23H27NO3S/c1-5-19(14-18-10-11-22(25)21-9-7-6-8-20(18)21)24-28(26,27)23-16(3)12-15(2)13-17(23)4/h6-13,19,24-25H,5,14H2,1-4H3. The molecule has 0 aliphatic carbocycles. The molecule has 28 heavy (non-hydrogen) atoms. The third-order valence-electron chi connectivity index (χ3n) is 5.15. The molecule has 0 aromatic heterocycles. The molecular formula is C23H27NO3S. The van der Waals surface area contributed by atoms with Crippen LogP contribution in [0.3, 0.4) is 0 Å². The van der Waals surface area contributed by atoms with Gasteiger partial charge in [-0.25, -0.2) is 13.1 Å². The summed E-state index contributed by atoms with van der Waals surface area (Å²) in [6, 6.07) is 14.7. The van der Waals surface area contributed by atoms with E-state index in [0.717, 1.165) is 33.0 Å². The maximum absolute atomic E-state index is 13.1. The van der Waals surface area contributed by atoms with Crippen molar-refractivity contribution in [2.24, 2.45) is 0 Å². The van der Waals surface area contributed by atoms with Crippen LogP contribution in [0.5, 0.6) is 5.75 Å². The zero-order valence-corrected chi connectivity index (χ0v) is 17.6. The lowest BCUT2D eigenvalue weighted by atomic mass is 9.97. The van der Waals surface area contributed by atoms with E-state index >= 15 is 0 Å². The average Bonchev–Trinajstić information content (AvgIpc) is 2.62. The number of rotatable bonds is 6. The molecule has 5 heteroatoms. The number of hydrogen-bond acceptors (Lipinski definition) is 3. The van der Waals surface area contributed by atoms with Crippen LogP contribution in [0.15, 0.2) is 53.4 Å². The van der Waals surface area contributed by atoms with E-state index in [2.05, 4.69) is 4.72 Å². The van der Waals surface area contributed by atoms with Gasteiger partial charge in [0.25, 0.3) is 0 Å². The molecule has 0 aliphatic rings. The first-order valence-electron chi connectivity index (χ1n) is 9.52. The summed E-state index contributed by atoms with van der Waals surface area (Å²) >= 11 is 0. The van der Waals surface area contributed by atoms with Crippen LogP contribution in [0.25, 0.3) is 10.8 Å². The summed E-state index contributed by atoms with van der Waals surface area (Å²) in [4.78, 5) is 0.368. The molecule has 0 saturated carbocycles. The van der Waals surface area contributed by atoms with Crippen LogP contribution in [0, 0.1) is 20.8 Å². The van der Waals surface area contributed by atoms with Gasteiger partial charge in [-0.15, -0.1) is 0 Å². The molecule has 3 aromatic carbocycles. The minimum atomic E-state index is -3.63. The van der Waals surface area contributed by atoms with Crippen molar-refractivity contribution >= 4 is 20.8 Å². The molecule has 0 amide bonds. The third-order valence-corrected chi connectivity index (χ3v) is 6.97. The molecule has 0 fully saturated rings. The first-order valence-corrected chi connectivity index (χ1v) is 11.0. The number of benzene rings is 3. The smallest absolute Gasteiger partial charge is 0.241 e. The molecule has 3 aromatic rings. The van der Waals surface area contributed by atoms with Gasteiger partial charge in [0.15, 0.2) is 0 Å². The Bertz CT molecular complexity index is 1100. The fourth-order valence-electron chi connectivity index (χ4n) is 3.93. The van der Waals surface area contributed by atoms with Gasteiger partial charge in [0.2, 0.25) is 10.0 Å². The van der Waals surface area contributed by atoms with Crippen molar-refractivity contribution in [1.82, 2.24) is 4.72 Å². The molecule has 3 rings (SSSR count). The Morgan fingerprint density at radius 1 is 0.964 bits per heavy atom. The summed E-state index contributed by atoms with van der Waals surface area (Å²) in [5, 5.41) is 11.8. The van der Waals surface area contributed by atoms with Gasteiger partial charge < -0.3 is 5.11 Å². The van der Waals surface area contributed by atoms with E-state index in [1.165, 1.54) is 0 Å². The van der Waals surface area contributed by atoms with E-state index in [4.69, 9.17) is 0 Å². The van der Waals surface area contributed by atoms with Gasteiger partial charge in [-0.05, 0) is 61.8 Å². The third kappa shape index (κ3) is 4.05. The second-order valence-corrected chi connectivity index (χ2v) is 9.10. The predicted octanol–water partition coefficient (Wildman–Crippen LogP) is 4.77.